The second kappa shape index (κ2) is 6.41. The van der Waals surface area contributed by atoms with Crippen molar-refractivity contribution in [1.29, 1.82) is 0 Å². The molecule has 0 heterocycles. The average Bonchev–Trinajstić information content (AvgIpc) is 2.29. The molecule has 0 fully saturated rings. The highest BCUT2D eigenvalue weighted by Crippen LogP contribution is 2.29. The average molecular weight is 300 g/mol. The number of benzene rings is 1. The molecule has 17 heavy (non-hydrogen) atoms. The summed E-state index contributed by atoms with van der Waals surface area (Å²) in [5.41, 5.74) is 2.13. The lowest BCUT2D eigenvalue weighted by molar-refractivity contribution is 0.198. The number of hydrogen-bond donors (Lipinski definition) is 1. The van der Waals surface area contributed by atoms with Crippen LogP contribution in [0.4, 0.5) is 5.69 Å². The van der Waals surface area contributed by atoms with E-state index in [9.17, 15) is 5.11 Å². The Morgan fingerprint density at radius 3 is 2.29 bits per heavy atom. The molecule has 1 unspecified atom stereocenters. The minimum Gasteiger partial charge on any atom is -0.389 e. The zero-order chi connectivity index (χ0) is 13.0. The van der Waals surface area contributed by atoms with Gasteiger partial charge >= 0.3 is 0 Å². The van der Waals surface area contributed by atoms with Crippen LogP contribution in [0.25, 0.3) is 0 Å². The predicted molar refractivity (Wildman–Crippen MR) is 77.5 cm³/mol. The summed E-state index contributed by atoms with van der Waals surface area (Å²) in [6, 6.07) is 6.72. The molecule has 0 saturated carbocycles. The van der Waals surface area contributed by atoms with Crippen molar-refractivity contribution in [2.24, 2.45) is 0 Å². The first-order valence-electron chi connectivity index (χ1n) is 6.21. The second-order valence-corrected chi connectivity index (χ2v) is 5.32. The van der Waals surface area contributed by atoms with Gasteiger partial charge in [-0.15, -0.1) is 0 Å². The number of aliphatic hydroxyl groups excluding tert-OH is 1. The van der Waals surface area contributed by atoms with Crippen LogP contribution in [0.5, 0.6) is 0 Å². The molecule has 0 radical (unpaired) electrons. The topological polar surface area (TPSA) is 23.5 Å². The Labute approximate surface area is 113 Å². The minimum atomic E-state index is -0.433. The lowest BCUT2D eigenvalue weighted by Gasteiger charge is -2.29. The van der Waals surface area contributed by atoms with Crippen LogP contribution in [0.15, 0.2) is 22.7 Å². The van der Waals surface area contributed by atoms with E-state index in [4.69, 9.17) is 0 Å². The molecule has 1 N–H and O–H groups in total. The molecule has 0 spiro atoms. The summed E-state index contributed by atoms with van der Waals surface area (Å²) >= 11 is 3.52. The summed E-state index contributed by atoms with van der Waals surface area (Å²) in [7, 11) is 2.13. The normalized spacial score (nSPS) is 12.9. The van der Waals surface area contributed by atoms with Crippen LogP contribution in [-0.4, -0.2) is 18.2 Å². The van der Waals surface area contributed by atoms with E-state index in [-0.39, 0.29) is 0 Å². The maximum Gasteiger partial charge on any atom is 0.0772 e. The first-order valence-corrected chi connectivity index (χ1v) is 7.00. The lowest BCUT2D eigenvalue weighted by Crippen LogP contribution is -2.30. The zero-order valence-corrected chi connectivity index (χ0v) is 12.7. The van der Waals surface area contributed by atoms with Gasteiger partial charge in [0.05, 0.1) is 6.10 Å². The van der Waals surface area contributed by atoms with E-state index in [2.05, 4.69) is 53.9 Å². The van der Waals surface area contributed by atoms with E-state index in [1.807, 2.05) is 6.07 Å². The Bertz CT molecular complexity index is 361. The monoisotopic (exact) mass is 299 g/mol. The van der Waals surface area contributed by atoms with Gasteiger partial charge in [-0.05, 0) is 37.5 Å². The summed E-state index contributed by atoms with van der Waals surface area (Å²) in [5, 5.41) is 9.59. The molecule has 1 atom stereocenters. The van der Waals surface area contributed by atoms with Gasteiger partial charge in [0, 0.05) is 23.2 Å². The van der Waals surface area contributed by atoms with Gasteiger partial charge in [0.25, 0.3) is 0 Å². The van der Waals surface area contributed by atoms with Crippen molar-refractivity contribution in [3.8, 4) is 0 Å². The van der Waals surface area contributed by atoms with Gasteiger partial charge in [-0.25, -0.2) is 0 Å². The van der Waals surface area contributed by atoms with Crippen LogP contribution in [0.1, 0.15) is 45.3 Å². The number of nitrogens with zero attached hydrogens (tertiary/aromatic N) is 1. The lowest BCUT2D eigenvalue weighted by atomic mass is 10.1. The summed E-state index contributed by atoms with van der Waals surface area (Å²) in [5.74, 6) is 0. The molecule has 1 rings (SSSR count). The van der Waals surface area contributed by atoms with E-state index in [1.165, 1.54) is 5.69 Å². The number of aliphatic hydroxyl groups is 1. The van der Waals surface area contributed by atoms with E-state index in [0.717, 1.165) is 22.9 Å². The van der Waals surface area contributed by atoms with Crippen molar-refractivity contribution < 1.29 is 5.11 Å². The minimum absolute atomic E-state index is 0.433. The van der Waals surface area contributed by atoms with Crippen molar-refractivity contribution in [2.75, 3.05) is 11.9 Å². The molecule has 0 aliphatic carbocycles. The van der Waals surface area contributed by atoms with E-state index in [1.54, 1.807) is 6.92 Å². The fourth-order valence-corrected chi connectivity index (χ4v) is 2.82. The molecule has 1 aromatic rings. The van der Waals surface area contributed by atoms with Crippen LogP contribution < -0.4 is 4.90 Å². The van der Waals surface area contributed by atoms with E-state index in [0.29, 0.717) is 6.04 Å². The number of anilines is 1. The van der Waals surface area contributed by atoms with Crippen LogP contribution >= 0.6 is 15.9 Å². The molecule has 0 aliphatic rings. The summed E-state index contributed by atoms with van der Waals surface area (Å²) in [6.45, 7) is 6.21. The SMILES string of the molecule is CCC(CC)N(C)c1ccc(C(C)O)c(Br)c1. The Morgan fingerprint density at radius 2 is 1.88 bits per heavy atom. The van der Waals surface area contributed by atoms with Gasteiger partial charge in [0.15, 0.2) is 0 Å². The zero-order valence-electron chi connectivity index (χ0n) is 11.1. The Hall–Kier alpha value is -0.540. The second-order valence-electron chi connectivity index (χ2n) is 4.46. The standard InChI is InChI=1S/C14H22BrNO/c1-5-11(6-2)16(4)12-7-8-13(10(3)17)14(15)9-12/h7-11,17H,5-6H2,1-4H3. The Kier molecular flexibility index (Phi) is 5.47. The predicted octanol–water partition coefficient (Wildman–Crippen LogP) is 4.13. The number of rotatable bonds is 5. The van der Waals surface area contributed by atoms with Gasteiger partial charge in [-0.3, -0.25) is 0 Å². The third kappa shape index (κ3) is 3.46. The summed E-state index contributed by atoms with van der Waals surface area (Å²) in [4.78, 5) is 2.30. The molecule has 0 aliphatic heterocycles. The summed E-state index contributed by atoms with van der Waals surface area (Å²) < 4.78 is 0.975. The van der Waals surface area contributed by atoms with E-state index >= 15 is 0 Å². The molecule has 0 amide bonds. The molecule has 96 valence electrons. The van der Waals surface area contributed by atoms with Crippen LogP contribution in [0.3, 0.4) is 0 Å². The largest absolute Gasteiger partial charge is 0.389 e. The van der Waals surface area contributed by atoms with Crippen LogP contribution in [0.2, 0.25) is 0 Å². The number of hydrogen-bond acceptors (Lipinski definition) is 2. The van der Waals surface area contributed by atoms with E-state index < -0.39 is 6.10 Å². The van der Waals surface area contributed by atoms with Crippen LogP contribution in [-0.2, 0) is 0 Å². The molecule has 1 aromatic carbocycles. The molecule has 0 saturated heterocycles. The highest BCUT2D eigenvalue weighted by atomic mass is 79.9. The van der Waals surface area contributed by atoms with Crippen LogP contribution in [0, 0.1) is 0 Å². The summed E-state index contributed by atoms with van der Waals surface area (Å²) in [6.07, 6.45) is 1.85. The first-order chi connectivity index (χ1) is 8.01. The van der Waals surface area contributed by atoms with Gasteiger partial charge in [-0.2, -0.15) is 0 Å². The fourth-order valence-electron chi connectivity index (χ4n) is 2.12. The van der Waals surface area contributed by atoms with Crippen molar-refractivity contribution in [1.82, 2.24) is 0 Å². The molecule has 2 nitrogen and oxygen atoms in total. The van der Waals surface area contributed by atoms with Crippen molar-refractivity contribution in [3.63, 3.8) is 0 Å². The molecule has 3 heteroatoms. The molecule has 0 bridgehead atoms. The Balaban J connectivity index is 2.96. The van der Waals surface area contributed by atoms with Crippen molar-refractivity contribution >= 4 is 21.6 Å². The third-order valence-corrected chi connectivity index (χ3v) is 4.02. The highest BCUT2D eigenvalue weighted by Gasteiger charge is 2.13. The first kappa shape index (κ1) is 14.5. The van der Waals surface area contributed by atoms with Gasteiger partial charge < -0.3 is 10.0 Å². The highest BCUT2D eigenvalue weighted by molar-refractivity contribution is 9.10. The van der Waals surface area contributed by atoms with Gasteiger partial charge in [0.1, 0.15) is 0 Å². The smallest absolute Gasteiger partial charge is 0.0772 e. The Morgan fingerprint density at radius 1 is 1.29 bits per heavy atom. The fraction of sp³-hybridized carbons (Fsp3) is 0.571. The third-order valence-electron chi connectivity index (χ3n) is 3.33. The quantitative estimate of drug-likeness (QED) is 0.884. The van der Waals surface area contributed by atoms with Crippen molar-refractivity contribution in [3.05, 3.63) is 28.2 Å². The van der Waals surface area contributed by atoms with Gasteiger partial charge in [-0.1, -0.05) is 35.8 Å². The maximum absolute atomic E-state index is 9.59. The molecular weight excluding hydrogens is 278 g/mol. The molecular formula is C14H22BrNO. The maximum atomic E-state index is 9.59. The molecule has 0 aromatic heterocycles. The van der Waals surface area contributed by atoms with Gasteiger partial charge in [0.2, 0.25) is 0 Å². The number of halogens is 1. The van der Waals surface area contributed by atoms with Crippen molar-refractivity contribution in [2.45, 2.75) is 45.8 Å².